The van der Waals surface area contributed by atoms with E-state index in [-0.39, 0.29) is 11.7 Å². The van der Waals surface area contributed by atoms with Crippen LogP contribution < -0.4 is 0 Å². The van der Waals surface area contributed by atoms with Crippen molar-refractivity contribution in [2.45, 2.75) is 25.6 Å². The molecule has 1 aromatic rings. The van der Waals surface area contributed by atoms with Gasteiger partial charge in [-0.3, -0.25) is 0 Å². The number of rotatable bonds is 1. The van der Waals surface area contributed by atoms with Crippen molar-refractivity contribution in [3.05, 3.63) is 19.9 Å². The van der Waals surface area contributed by atoms with Gasteiger partial charge in [-0.2, -0.15) is 0 Å². The molecule has 0 radical (unpaired) electrons. The Morgan fingerprint density at radius 1 is 1.50 bits per heavy atom. The van der Waals surface area contributed by atoms with Crippen LogP contribution in [0.25, 0.3) is 0 Å². The molecule has 0 bridgehead atoms. The Morgan fingerprint density at radius 2 is 2.29 bits per heavy atom. The molecule has 1 aliphatic heterocycles. The van der Waals surface area contributed by atoms with Gasteiger partial charge in [0.25, 0.3) is 0 Å². The Morgan fingerprint density at radius 3 is 2.79 bits per heavy atom. The molecule has 4 heteroatoms. The maximum Gasteiger partial charge on any atom is 0.115 e. The number of ether oxygens (including phenoxy) is 2. The second kappa shape index (κ2) is 4.08. The Balaban J connectivity index is 2.02. The van der Waals surface area contributed by atoms with Gasteiger partial charge in [0.15, 0.2) is 0 Å². The van der Waals surface area contributed by atoms with E-state index in [4.69, 9.17) is 9.47 Å². The van der Waals surface area contributed by atoms with Crippen LogP contribution in [0.15, 0.2) is 12.1 Å². The molecule has 0 aromatic carbocycles. The van der Waals surface area contributed by atoms with Crippen LogP contribution in [0.5, 0.6) is 0 Å². The Bertz CT molecular complexity index is 312. The smallest absolute Gasteiger partial charge is 0.115 e. The van der Waals surface area contributed by atoms with E-state index in [1.54, 1.807) is 11.3 Å². The van der Waals surface area contributed by atoms with E-state index in [9.17, 15) is 0 Å². The minimum Gasteiger partial charge on any atom is -0.370 e. The molecule has 0 spiro atoms. The molecule has 1 unspecified atom stereocenters. The van der Waals surface area contributed by atoms with Crippen LogP contribution in [0.2, 0.25) is 0 Å². The normalized spacial score (nSPS) is 26.4. The third-order valence-electron chi connectivity index (χ3n) is 2.17. The van der Waals surface area contributed by atoms with Crippen LogP contribution in [0.1, 0.15) is 24.8 Å². The zero-order valence-electron chi connectivity index (χ0n) is 8.25. The molecule has 0 saturated carbocycles. The fourth-order valence-corrected chi connectivity index (χ4v) is 3.07. The van der Waals surface area contributed by atoms with Crippen LogP contribution in [0.4, 0.5) is 0 Å². The van der Waals surface area contributed by atoms with Gasteiger partial charge < -0.3 is 9.47 Å². The summed E-state index contributed by atoms with van der Waals surface area (Å²) in [5, 5.41) is 0. The van der Waals surface area contributed by atoms with Gasteiger partial charge in [0.2, 0.25) is 0 Å². The lowest BCUT2D eigenvalue weighted by Gasteiger charge is -2.34. The minimum absolute atomic E-state index is 0.124. The monoisotopic (exact) mass is 324 g/mol. The molecular formula is C10H13IO2S. The van der Waals surface area contributed by atoms with E-state index in [0.29, 0.717) is 13.2 Å². The SMILES string of the molecule is CC1(C)COC(c2ccc(I)s2)CO1. The summed E-state index contributed by atoms with van der Waals surface area (Å²) in [5.74, 6) is 0. The van der Waals surface area contributed by atoms with Crippen molar-refractivity contribution in [3.8, 4) is 0 Å². The molecule has 0 amide bonds. The number of hydrogen-bond acceptors (Lipinski definition) is 3. The van der Waals surface area contributed by atoms with E-state index in [2.05, 4.69) is 48.6 Å². The molecular weight excluding hydrogens is 311 g/mol. The molecule has 0 aliphatic carbocycles. The highest BCUT2D eigenvalue weighted by Gasteiger charge is 2.29. The maximum atomic E-state index is 5.77. The predicted octanol–water partition coefficient (Wildman–Crippen LogP) is 3.22. The first-order chi connectivity index (χ1) is 6.57. The summed E-state index contributed by atoms with van der Waals surface area (Å²) < 4.78 is 12.8. The van der Waals surface area contributed by atoms with Gasteiger partial charge in [0.1, 0.15) is 6.10 Å². The lowest BCUT2D eigenvalue weighted by atomic mass is 10.1. The number of thiophene rings is 1. The largest absolute Gasteiger partial charge is 0.370 e. The first-order valence-corrected chi connectivity index (χ1v) is 6.47. The Hall–Kier alpha value is 0.350. The molecule has 0 N–H and O–H groups in total. The second-order valence-electron chi connectivity index (χ2n) is 4.01. The summed E-state index contributed by atoms with van der Waals surface area (Å²) in [7, 11) is 0. The topological polar surface area (TPSA) is 18.5 Å². The molecule has 2 rings (SSSR count). The van der Waals surface area contributed by atoms with Crippen molar-refractivity contribution in [1.29, 1.82) is 0 Å². The molecule has 1 atom stereocenters. The quantitative estimate of drug-likeness (QED) is 0.739. The van der Waals surface area contributed by atoms with Crippen molar-refractivity contribution in [2.24, 2.45) is 0 Å². The van der Waals surface area contributed by atoms with E-state index < -0.39 is 0 Å². The standard InChI is InChI=1S/C10H13IO2S/c1-10(2)6-12-7(5-13-10)8-3-4-9(11)14-8/h3-4,7H,5-6H2,1-2H3. The van der Waals surface area contributed by atoms with Gasteiger partial charge in [-0.25, -0.2) is 0 Å². The molecule has 1 aromatic heterocycles. The average Bonchev–Trinajstić information content (AvgIpc) is 2.52. The highest BCUT2D eigenvalue weighted by Crippen LogP contribution is 2.32. The van der Waals surface area contributed by atoms with Crippen molar-refractivity contribution < 1.29 is 9.47 Å². The van der Waals surface area contributed by atoms with Crippen LogP contribution >= 0.6 is 33.9 Å². The van der Waals surface area contributed by atoms with Gasteiger partial charge in [-0.05, 0) is 48.6 Å². The van der Waals surface area contributed by atoms with Crippen LogP contribution in [-0.2, 0) is 9.47 Å². The van der Waals surface area contributed by atoms with Crippen molar-refractivity contribution in [3.63, 3.8) is 0 Å². The Kier molecular flexibility index (Phi) is 3.16. The number of halogens is 1. The third kappa shape index (κ3) is 2.48. The molecule has 2 heterocycles. The predicted molar refractivity (Wildman–Crippen MR) is 65.8 cm³/mol. The zero-order chi connectivity index (χ0) is 10.2. The van der Waals surface area contributed by atoms with Crippen molar-refractivity contribution in [1.82, 2.24) is 0 Å². The molecule has 2 nitrogen and oxygen atoms in total. The van der Waals surface area contributed by atoms with E-state index >= 15 is 0 Å². The lowest BCUT2D eigenvalue weighted by molar-refractivity contribution is -0.175. The van der Waals surface area contributed by atoms with Gasteiger partial charge in [-0.15, -0.1) is 11.3 Å². The maximum absolute atomic E-state index is 5.77. The van der Waals surface area contributed by atoms with Gasteiger partial charge >= 0.3 is 0 Å². The first-order valence-electron chi connectivity index (χ1n) is 4.58. The Labute approximate surface area is 102 Å². The van der Waals surface area contributed by atoms with E-state index in [0.717, 1.165) is 0 Å². The molecule has 1 aliphatic rings. The lowest BCUT2D eigenvalue weighted by Crippen LogP contribution is -2.38. The molecule has 14 heavy (non-hydrogen) atoms. The summed E-state index contributed by atoms with van der Waals surface area (Å²) in [6.45, 7) is 5.46. The van der Waals surface area contributed by atoms with Crippen molar-refractivity contribution >= 4 is 33.9 Å². The summed E-state index contributed by atoms with van der Waals surface area (Å²) in [6, 6.07) is 4.24. The fourth-order valence-electron chi connectivity index (χ4n) is 1.36. The van der Waals surface area contributed by atoms with E-state index in [1.807, 2.05) is 0 Å². The zero-order valence-corrected chi connectivity index (χ0v) is 11.2. The highest BCUT2D eigenvalue weighted by molar-refractivity contribution is 14.1. The third-order valence-corrected chi connectivity index (χ3v) is 4.15. The summed E-state index contributed by atoms with van der Waals surface area (Å²) in [4.78, 5) is 1.27. The van der Waals surface area contributed by atoms with Crippen LogP contribution in [-0.4, -0.2) is 18.8 Å². The minimum atomic E-state index is -0.124. The number of hydrogen-bond donors (Lipinski definition) is 0. The second-order valence-corrected chi connectivity index (χ2v) is 7.02. The van der Waals surface area contributed by atoms with Gasteiger partial charge in [0, 0.05) is 4.88 Å². The van der Waals surface area contributed by atoms with Crippen molar-refractivity contribution in [2.75, 3.05) is 13.2 Å². The summed E-state index contributed by atoms with van der Waals surface area (Å²) >= 11 is 4.10. The molecule has 78 valence electrons. The van der Waals surface area contributed by atoms with Crippen LogP contribution in [0.3, 0.4) is 0 Å². The van der Waals surface area contributed by atoms with Gasteiger partial charge in [0.05, 0.1) is 21.7 Å². The van der Waals surface area contributed by atoms with Crippen LogP contribution in [0, 0.1) is 2.88 Å². The molecule has 1 fully saturated rings. The molecule has 1 saturated heterocycles. The van der Waals surface area contributed by atoms with E-state index in [1.165, 1.54) is 7.76 Å². The average molecular weight is 324 g/mol. The first kappa shape index (κ1) is 10.9. The summed E-state index contributed by atoms with van der Waals surface area (Å²) in [5.41, 5.74) is -0.124. The fraction of sp³-hybridized carbons (Fsp3) is 0.600. The highest BCUT2D eigenvalue weighted by atomic mass is 127. The summed E-state index contributed by atoms with van der Waals surface area (Å²) in [6.07, 6.45) is 0.136. The van der Waals surface area contributed by atoms with Gasteiger partial charge in [-0.1, -0.05) is 0 Å².